The number of hydrogen-bond donors (Lipinski definition) is 0. The Morgan fingerprint density at radius 2 is 0.714 bits per heavy atom. The summed E-state index contributed by atoms with van der Waals surface area (Å²) in [6, 6.07) is 73.3. The van der Waals surface area contributed by atoms with Gasteiger partial charge in [0.2, 0.25) is 0 Å². The maximum atomic E-state index is 2.56. The highest BCUT2D eigenvalue weighted by Crippen LogP contribution is 2.63. The lowest BCUT2D eigenvalue weighted by Crippen LogP contribution is -2.25. The molecule has 1 aromatic heterocycles. The molecule has 2 aliphatic carbocycles. The van der Waals surface area contributed by atoms with Crippen molar-refractivity contribution >= 4 is 63.8 Å². The van der Waals surface area contributed by atoms with Crippen molar-refractivity contribution in [3.63, 3.8) is 0 Å². The summed E-state index contributed by atoms with van der Waals surface area (Å²) in [5.41, 5.74) is 15.4. The van der Waals surface area contributed by atoms with Crippen molar-refractivity contribution in [2.75, 3.05) is 0 Å². The first-order valence-corrected chi connectivity index (χ1v) is 20.3. The number of thiophene rings is 1. The van der Waals surface area contributed by atoms with E-state index in [0.717, 1.165) is 0 Å². The molecule has 0 saturated carbocycles. The first kappa shape index (κ1) is 30.5. The molecule has 258 valence electrons. The van der Waals surface area contributed by atoms with Crippen molar-refractivity contribution in [1.29, 1.82) is 0 Å². The van der Waals surface area contributed by atoms with Gasteiger partial charge in [0.25, 0.3) is 0 Å². The summed E-state index contributed by atoms with van der Waals surface area (Å²) in [4.78, 5) is 0. The lowest BCUT2D eigenvalue weighted by Gasteiger charge is -2.30. The van der Waals surface area contributed by atoms with Crippen LogP contribution in [0.3, 0.4) is 0 Å². The Morgan fingerprint density at radius 1 is 0.250 bits per heavy atom. The minimum Gasteiger partial charge on any atom is -0.135 e. The molecule has 1 spiro atoms. The van der Waals surface area contributed by atoms with Crippen LogP contribution in [0.1, 0.15) is 22.3 Å². The van der Waals surface area contributed by atoms with Crippen molar-refractivity contribution in [1.82, 2.24) is 0 Å². The Bertz CT molecular complexity index is 3440. The summed E-state index contributed by atoms with van der Waals surface area (Å²) in [7, 11) is 0. The first-order chi connectivity index (χ1) is 27.8. The lowest BCUT2D eigenvalue weighted by atomic mass is 9.70. The van der Waals surface area contributed by atoms with Gasteiger partial charge >= 0.3 is 0 Å². The first-order valence-electron chi connectivity index (χ1n) is 19.5. The van der Waals surface area contributed by atoms with E-state index in [1.165, 1.54) is 119 Å². The van der Waals surface area contributed by atoms with Crippen LogP contribution >= 0.6 is 11.3 Å². The summed E-state index contributed by atoms with van der Waals surface area (Å²) in [6.45, 7) is 0. The molecule has 0 amide bonds. The average Bonchev–Trinajstić information content (AvgIpc) is 3.89. The number of rotatable bonds is 2. The van der Waals surface area contributed by atoms with Crippen LogP contribution < -0.4 is 0 Å². The smallest absolute Gasteiger partial charge is 0.0725 e. The number of fused-ring (bicyclic) bond motifs is 19. The van der Waals surface area contributed by atoms with Crippen LogP contribution in [-0.2, 0) is 5.41 Å². The van der Waals surface area contributed by atoms with E-state index in [1.54, 1.807) is 0 Å². The topological polar surface area (TPSA) is 0 Å². The van der Waals surface area contributed by atoms with Gasteiger partial charge in [-0.05, 0) is 142 Å². The molecule has 0 aliphatic heterocycles. The van der Waals surface area contributed by atoms with Crippen molar-refractivity contribution in [2.45, 2.75) is 5.41 Å². The fourth-order valence-electron chi connectivity index (χ4n) is 10.5. The molecule has 0 nitrogen and oxygen atoms in total. The fraction of sp³-hybridized carbons (Fsp3) is 0.0182. The van der Waals surface area contributed by atoms with E-state index in [9.17, 15) is 0 Å². The molecule has 0 atom stereocenters. The van der Waals surface area contributed by atoms with Gasteiger partial charge in [0.15, 0.2) is 0 Å². The molecular weight excluding hydrogens is 693 g/mol. The Hall–Kier alpha value is -6.80. The van der Waals surface area contributed by atoms with Gasteiger partial charge in [-0.15, -0.1) is 11.3 Å². The Labute approximate surface area is 328 Å². The lowest BCUT2D eigenvalue weighted by molar-refractivity contribution is 0.795. The highest BCUT2D eigenvalue weighted by Gasteiger charge is 2.51. The SMILES string of the molecule is c1cc(-c2ccc3sc4ccccc4c3c2)cc(-c2ccc3c(c2)c2ccccc2c2cc4c(cc32)C2(c3ccccc3-c3ccccc32)c2ccccc2-4)c1. The van der Waals surface area contributed by atoms with Gasteiger partial charge in [-0.1, -0.05) is 152 Å². The monoisotopic (exact) mass is 724 g/mol. The third-order valence-electron chi connectivity index (χ3n) is 12.9. The standard InChI is InChI=1S/C55H32S/c1-2-15-38-37(14-1)44-29-35(33-12-11-13-34(28-33)36-25-27-54-48(30-36)43-19-6-10-23-53(43)56-54)24-26-39(44)46-32-52-47(31-45(38)46)42-18-5-9-22-51(42)55(52)49-20-7-3-16-40(49)41-17-4-8-21-50(41)55/h1-32H. The van der Waals surface area contributed by atoms with Crippen LogP contribution in [0.2, 0.25) is 0 Å². The average molecular weight is 725 g/mol. The van der Waals surface area contributed by atoms with Crippen molar-refractivity contribution in [3.05, 3.63) is 216 Å². The predicted octanol–water partition coefficient (Wildman–Crippen LogP) is 15.2. The van der Waals surface area contributed by atoms with E-state index in [2.05, 4.69) is 194 Å². The van der Waals surface area contributed by atoms with E-state index in [0.29, 0.717) is 0 Å². The van der Waals surface area contributed by atoms with Crippen LogP contribution in [0.5, 0.6) is 0 Å². The molecule has 0 fully saturated rings. The van der Waals surface area contributed by atoms with Crippen LogP contribution in [0.25, 0.3) is 97.0 Å². The van der Waals surface area contributed by atoms with Gasteiger partial charge in [0, 0.05) is 20.2 Å². The van der Waals surface area contributed by atoms with Crippen LogP contribution in [0.4, 0.5) is 0 Å². The molecule has 10 aromatic carbocycles. The molecule has 0 bridgehead atoms. The van der Waals surface area contributed by atoms with Crippen LogP contribution in [-0.4, -0.2) is 0 Å². The third-order valence-corrected chi connectivity index (χ3v) is 14.0. The van der Waals surface area contributed by atoms with Crippen molar-refractivity contribution in [2.24, 2.45) is 0 Å². The summed E-state index contributed by atoms with van der Waals surface area (Å²) < 4.78 is 2.67. The van der Waals surface area contributed by atoms with Crippen molar-refractivity contribution < 1.29 is 0 Å². The molecule has 13 rings (SSSR count). The summed E-state index contributed by atoms with van der Waals surface area (Å²) in [6.07, 6.45) is 0. The quantitative estimate of drug-likeness (QED) is 0.156. The number of hydrogen-bond acceptors (Lipinski definition) is 1. The van der Waals surface area contributed by atoms with E-state index in [4.69, 9.17) is 0 Å². The normalized spacial score (nSPS) is 13.5. The van der Waals surface area contributed by atoms with E-state index < -0.39 is 0 Å². The zero-order chi connectivity index (χ0) is 36.5. The second-order valence-electron chi connectivity index (χ2n) is 15.5. The zero-order valence-corrected chi connectivity index (χ0v) is 31.2. The third kappa shape index (κ3) is 3.93. The molecule has 1 heterocycles. The molecule has 11 aromatic rings. The van der Waals surface area contributed by atoms with E-state index in [-0.39, 0.29) is 5.41 Å². The molecule has 0 radical (unpaired) electrons. The van der Waals surface area contributed by atoms with E-state index >= 15 is 0 Å². The van der Waals surface area contributed by atoms with Gasteiger partial charge in [0.1, 0.15) is 0 Å². The maximum Gasteiger partial charge on any atom is 0.0725 e. The second-order valence-corrected chi connectivity index (χ2v) is 16.6. The molecule has 0 unspecified atom stereocenters. The minimum absolute atomic E-state index is 0.371. The van der Waals surface area contributed by atoms with Gasteiger partial charge in [-0.2, -0.15) is 0 Å². The van der Waals surface area contributed by atoms with Crippen LogP contribution in [0, 0.1) is 0 Å². The zero-order valence-electron chi connectivity index (χ0n) is 30.4. The van der Waals surface area contributed by atoms with Crippen molar-refractivity contribution in [3.8, 4) is 44.5 Å². The molecule has 1 heteroatoms. The molecule has 56 heavy (non-hydrogen) atoms. The molecule has 2 aliphatic rings. The summed E-state index contributed by atoms with van der Waals surface area (Å²) >= 11 is 1.87. The minimum atomic E-state index is -0.371. The van der Waals surface area contributed by atoms with Gasteiger partial charge in [-0.3, -0.25) is 0 Å². The molecular formula is C55H32S. The largest absolute Gasteiger partial charge is 0.135 e. The van der Waals surface area contributed by atoms with E-state index in [1.807, 2.05) is 11.3 Å². The highest BCUT2D eigenvalue weighted by molar-refractivity contribution is 7.25. The Balaban J connectivity index is 1.04. The summed E-state index contributed by atoms with van der Waals surface area (Å²) in [5.74, 6) is 0. The van der Waals surface area contributed by atoms with Gasteiger partial charge in [0.05, 0.1) is 5.41 Å². The predicted molar refractivity (Wildman–Crippen MR) is 239 cm³/mol. The highest BCUT2D eigenvalue weighted by atomic mass is 32.1. The van der Waals surface area contributed by atoms with Gasteiger partial charge in [-0.25, -0.2) is 0 Å². The number of benzene rings is 10. The maximum absolute atomic E-state index is 2.56. The summed E-state index contributed by atoms with van der Waals surface area (Å²) in [5, 5.41) is 10.5. The Kier molecular flexibility index (Phi) is 6.07. The second kappa shape index (κ2) is 11.1. The molecule has 0 N–H and O–H groups in total. The van der Waals surface area contributed by atoms with Crippen LogP contribution in [0.15, 0.2) is 194 Å². The molecule has 0 saturated heterocycles. The Morgan fingerprint density at radius 3 is 1.39 bits per heavy atom. The fourth-order valence-corrected chi connectivity index (χ4v) is 11.6. The van der Waals surface area contributed by atoms with Gasteiger partial charge < -0.3 is 0 Å².